The lowest BCUT2D eigenvalue weighted by atomic mass is 9.92. The van der Waals surface area contributed by atoms with Crippen molar-refractivity contribution in [3.63, 3.8) is 0 Å². The van der Waals surface area contributed by atoms with Crippen molar-refractivity contribution in [3.8, 4) is 17.2 Å². The Morgan fingerprint density at radius 2 is 1.48 bits per heavy atom. The fourth-order valence-corrected chi connectivity index (χ4v) is 4.16. The van der Waals surface area contributed by atoms with E-state index in [-0.39, 0.29) is 23.6 Å². The number of amides is 1. The molecule has 0 saturated carbocycles. The van der Waals surface area contributed by atoms with Gasteiger partial charge in [0.2, 0.25) is 11.7 Å². The zero-order chi connectivity index (χ0) is 23.1. The van der Waals surface area contributed by atoms with Crippen molar-refractivity contribution < 1.29 is 38.1 Å². The minimum atomic E-state index is -0.836. The molecule has 0 aliphatic carbocycles. The Hall–Kier alpha value is -3.27. The Bertz CT molecular complexity index is 943. The van der Waals surface area contributed by atoms with Gasteiger partial charge < -0.3 is 23.7 Å². The van der Waals surface area contributed by atoms with Gasteiger partial charge in [0.1, 0.15) is 0 Å². The number of carbonyl (C=O) groups excluding carboxylic acids is 3. The summed E-state index contributed by atoms with van der Waals surface area (Å²) in [6, 6.07) is 2.51. The van der Waals surface area contributed by atoms with E-state index in [1.807, 2.05) is 13.8 Å². The summed E-state index contributed by atoms with van der Waals surface area (Å²) in [7, 11) is 6.83. The van der Waals surface area contributed by atoms with Crippen LogP contribution in [0.25, 0.3) is 0 Å². The number of methoxy groups -OCH3 is 5. The van der Waals surface area contributed by atoms with Gasteiger partial charge in [-0.3, -0.25) is 4.79 Å². The van der Waals surface area contributed by atoms with Crippen LogP contribution in [0.5, 0.6) is 17.2 Å². The number of esters is 2. The molecule has 1 saturated heterocycles. The van der Waals surface area contributed by atoms with Crippen LogP contribution in [0.4, 0.5) is 0 Å². The molecule has 1 unspecified atom stereocenters. The van der Waals surface area contributed by atoms with Crippen LogP contribution in [0.1, 0.15) is 31.9 Å². The van der Waals surface area contributed by atoms with Crippen molar-refractivity contribution in [1.82, 2.24) is 10.0 Å². The topological polar surface area (TPSA) is 104 Å². The molecule has 1 atom stereocenters. The number of hydrogen-bond acceptors (Lipinski definition) is 9. The van der Waals surface area contributed by atoms with E-state index < -0.39 is 23.5 Å². The Morgan fingerprint density at radius 1 is 0.935 bits per heavy atom. The summed E-state index contributed by atoms with van der Waals surface area (Å²) < 4.78 is 26.2. The molecule has 3 rings (SSSR count). The van der Waals surface area contributed by atoms with Crippen molar-refractivity contribution in [1.29, 1.82) is 0 Å². The second-order valence-electron chi connectivity index (χ2n) is 7.65. The molecule has 1 aromatic carbocycles. The van der Waals surface area contributed by atoms with Gasteiger partial charge in [0, 0.05) is 12.0 Å². The first-order valence-corrected chi connectivity index (χ1v) is 9.49. The monoisotopic (exact) mass is 434 g/mol. The third kappa shape index (κ3) is 3.36. The summed E-state index contributed by atoms with van der Waals surface area (Å²) >= 11 is 0. The molecule has 2 aliphatic heterocycles. The SMILES string of the molecule is COC(=O)C1=C(C(=O)OC)N2C(=O)CC(C)(C)N2C1c1cc(OC)c(OC)c(OC)c1. The summed E-state index contributed by atoms with van der Waals surface area (Å²) in [5.41, 5.74) is -0.341. The van der Waals surface area contributed by atoms with E-state index in [9.17, 15) is 14.4 Å². The fraction of sp³-hybridized carbons (Fsp3) is 0.476. The number of carbonyl (C=O) groups is 3. The summed E-state index contributed by atoms with van der Waals surface area (Å²) in [5.74, 6) is -0.799. The maximum Gasteiger partial charge on any atom is 0.356 e. The van der Waals surface area contributed by atoms with Gasteiger partial charge in [-0.25, -0.2) is 14.6 Å². The minimum Gasteiger partial charge on any atom is -0.493 e. The molecule has 10 heteroatoms. The van der Waals surface area contributed by atoms with Gasteiger partial charge >= 0.3 is 11.9 Å². The molecule has 0 spiro atoms. The van der Waals surface area contributed by atoms with Gasteiger partial charge in [-0.15, -0.1) is 0 Å². The van der Waals surface area contributed by atoms with Crippen LogP contribution >= 0.6 is 0 Å². The smallest absolute Gasteiger partial charge is 0.356 e. The zero-order valence-corrected chi connectivity index (χ0v) is 18.6. The normalized spacial score (nSPS) is 19.9. The first-order valence-electron chi connectivity index (χ1n) is 9.49. The van der Waals surface area contributed by atoms with Crippen LogP contribution in [0, 0.1) is 0 Å². The highest BCUT2D eigenvalue weighted by molar-refractivity contribution is 6.05. The molecular weight excluding hydrogens is 408 g/mol. The highest BCUT2D eigenvalue weighted by Gasteiger charge is 2.58. The average molecular weight is 434 g/mol. The lowest BCUT2D eigenvalue weighted by molar-refractivity contribution is -0.147. The van der Waals surface area contributed by atoms with Crippen LogP contribution in [0.2, 0.25) is 0 Å². The lowest BCUT2D eigenvalue weighted by Crippen LogP contribution is -2.45. The highest BCUT2D eigenvalue weighted by Crippen LogP contribution is 2.52. The van der Waals surface area contributed by atoms with E-state index >= 15 is 0 Å². The molecule has 1 amide bonds. The number of nitrogens with zero attached hydrogens (tertiary/aromatic N) is 2. The molecular formula is C21H26N2O8. The van der Waals surface area contributed by atoms with E-state index in [2.05, 4.69) is 0 Å². The van der Waals surface area contributed by atoms with Crippen LogP contribution in [0.15, 0.2) is 23.4 Å². The van der Waals surface area contributed by atoms with Crippen molar-refractivity contribution >= 4 is 17.8 Å². The largest absolute Gasteiger partial charge is 0.493 e. The Kier molecular flexibility index (Phi) is 5.86. The lowest BCUT2D eigenvalue weighted by Gasteiger charge is -2.37. The number of ether oxygens (including phenoxy) is 5. The number of hydrogen-bond donors (Lipinski definition) is 0. The van der Waals surface area contributed by atoms with Gasteiger partial charge in [0.25, 0.3) is 0 Å². The van der Waals surface area contributed by atoms with Crippen molar-refractivity contribution in [2.45, 2.75) is 31.8 Å². The summed E-state index contributed by atoms with van der Waals surface area (Å²) in [5, 5.41) is 2.90. The van der Waals surface area contributed by atoms with Gasteiger partial charge in [-0.2, -0.15) is 5.01 Å². The molecule has 2 heterocycles. The van der Waals surface area contributed by atoms with Crippen LogP contribution in [-0.4, -0.2) is 69.0 Å². The molecule has 2 aliphatic rings. The minimum absolute atomic E-state index is 0.00949. The molecule has 168 valence electrons. The van der Waals surface area contributed by atoms with Crippen LogP contribution < -0.4 is 14.2 Å². The summed E-state index contributed by atoms with van der Waals surface area (Å²) in [4.78, 5) is 38.5. The van der Waals surface area contributed by atoms with Crippen molar-refractivity contribution in [2.24, 2.45) is 0 Å². The molecule has 31 heavy (non-hydrogen) atoms. The Labute approximate surface area is 180 Å². The fourth-order valence-electron chi connectivity index (χ4n) is 4.16. The van der Waals surface area contributed by atoms with E-state index in [0.717, 1.165) is 0 Å². The quantitative estimate of drug-likeness (QED) is 0.618. The van der Waals surface area contributed by atoms with Crippen molar-refractivity contribution in [2.75, 3.05) is 35.5 Å². The predicted octanol–water partition coefficient (Wildman–Crippen LogP) is 1.60. The van der Waals surface area contributed by atoms with E-state index in [1.165, 1.54) is 40.6 Å². The first-order chi connectivity index (χ1) is 14.7. The number of fused-ring (bicyclic) bond motifs is 1. The maximum atomic E-state index is 12.9. The van der Waals surface area contributed by atoms with Gasteiger partial charge in [-0.05, 0) is 31.5 Å². The molecule has 0 N–H and O–H groups in total. The van der Waals surface area contributed by atoms with Crippen LogP contribution in [0.3, 0.4) is 0 Å². The summed E-state index contributed by atoms with van der Waals surface area (Å²) in [6.45, 7) is 3.70. The second-order valence-corrected chi connectivity index (χ2v) is 7.65. The molecule has 0 radical (unpaired) electrons. The third-order valence-electron chi connectivity index (χ3n) is 5.43. The second kappa shape index (κ2) is 8.10. The Balaban J connectivity index is 2.35. The predicted molar refractivity (Wildman–Crippen MR) is 107 cm³/mol. The molecule has 0 aromatic heterocycles. The average Bonchev–Trinajstić information content (AvgIpc) is 3.24. The van der Waals surface area contributed by atoms with Crippen molar-refractivity contribution in [3.05, 3.63) is 29.0 Å². The third-order valence-corrected chi connectivity index (χ3v) is 5.43. The zero-order valence-electron chi connectivity index (χ0n) is 18.6. The van der Waals surface area contributed by atoms with Gasteiger partial charge in [0.15, 0.2) is 17.2 Å². The molecule has 1 fully saturated rings. The molecule has 10 nitrogen and oxygen atoms in total. The maximum absolute atomic E-state index is 12.9. The standard InChI is InChI=1S/C21H26N2O8/c1-21(2)10-14(24)22-17(20(26)31-7)15(19(25)30-6)16(23(21)22)11-8-12(27-3)18(29-5)13(9-11)28-4/h8-9,16H,10H2,1-7H3. The first kappa shape index (κ1) is 22.4. The van der Waals surface area contributed by atoms with E-state index in [4.69, 9.17) is 23.7 Å². The van der Waals surface area contributed by atoms with Gasteiger partial charge in [-0.1, -0.05) is 0 Å². The number of rotatable bonds is 6. The van der Waals surface area contributed by atoms with E-state index in [0.29, 0.717) is 22.8 Å². The molecule has 0 bridgehead atoms. The number of hydrazine groups is 1. The summed E-state index contributed by atoms with van der Waals surface area (Å²) in [6.07, 6.45) is 0.142. The van der Waals surface area contributed by atoms with Crippen LogP contribution in [-0.2, 0) is 23.9 Å². The van der Waals surface area contributed by atoms with E-state index in [1.54, 1.807) is 17.1 Å². The Morgan fingerprint density at radius 3 is 1.94 bits per heavy atom. The van der Waals surface area contributed by atoms with Gasteiger partial charge in [0.05, 0.1) is 47.2 Å². The number of benzene rings is 1. The highest BCUT2D eigenvalue weighted by atomic mass is 16.5. The molecule has 1 aromatic rings.